The van der Waals surface area contributed by atoms with Gasteiger partial charge in [0.05, 0.1) is 13.5 Å². The van der Waals surface area contributed by atoms with E-state index in [2.05, 4.69) is 9.72 Å². The smallest absolute Gasteiger partial charge is 0.441 e. The summed E-state index contributed by atoms with van der Waals surface area (Å²) in [5.74, 6) is -2.97. The van der Waals surface area contributed by atoms with Gasteiger partial charge in [-0.1, -0.05) is 36.4 Å². The number of nitrogens with one attached hydrogen (secondary N) is 2. The number of amides is 1. The second-order valence-electron chi connectivity index (χ2n) is 5.80. The summed E-state index contributed by atoms with van der Waals surface area (Å²) in [7, 11) is 0.802. The highest BCUT2D eigenvalue weighted by Gasteiger charge is 2.63. The number of ether oxygens (including phenoxy) is 1. The monoisotopic (exact) mass is 381 g/mol. The van der Waals surface area contributed by atoms with Crippen LogP contribution in [-0.4, -0.2) is 35.8 Å². The number of hydrogen-bond acceptors (Lipinski definition) is 5. The number of aryl methyl sites for hydroxylation is 1. The van der Waals surface area contributed by atoms with Crippen LogP contribution in [0.4, 0.5) is 19.0 Å². The van der Waals surface area contributed by atoms with Crippen molar-refractivity contribution in [3.05, 3.63) is 59.8 Å². The zero-order chi connectivity index (χ0) is 20.1. The molecule has 27 heavy (non-hydrogen) atoms. The van der Waals surface area contributed by atoms with Crippen molar-refractivity contribution in [1.82, 2.24) is 10.3 Å². The summed E-state index contributed by atoms with van der Waals surface area (Å²) < 4.78 is 45.9. The molecule has 1 atom stereocenters. The predicted molar refractivity (Wildman–Crippen MR) is 91.7 cm³/mol. The Balaban J connectivity index is 2.36. The molecule has 0 spiro atoms. The van der Waals surface area contributed by atoms with Gasteiger partial charge in [-0.2, -0.15) is 13.2 Å². The van der Waals surface area contributed by atoms with Crippen molar-refractivity contribution in [1.29, 1.82) is 0 Å². The molecule has 0 saturated carbocycles. The third-order valence-corrected chi connectivity index (χ3v) is 3.68. The van der Waals surface area contributed by atoms with Gasteiger partial charge in [-0.15, -0.1) is 0 Å². The van der Waals surface area contributed by atoms with E-state index in [1.54, 1.807) is 42.6 Å². The Morgan fingerprint density at radius 3 is 2.30 bits per heavy atom. The Kier molecular flexibility index (Phi) is 6.04. The number of benzene rings is 1. The summed E-state index contributed by atoms with van der Waals surface area (Å²) >= 11 is 0. The maximum atomic E-state index is 13.9. The maximum absolute atomic E-state index is 13.9. The molecule has 1 aromatic carbocycles. The molecule has 6 nitrogen and oxygen atoms in total. The summed E-state index contributed by atoms with van der Waals surface area (Å²) in [5, 5.41) is 3.73. The molecule has 0 bridgehead atoms. The maximum Gasteiger partial charge on any atom is 0.441 e. The van der Waals surface area contributed by atoms with Crippen molar-refractivity contribution in [2.24, 2.45) is 0 Å². The molecule has 0 aliphatic carbocycles. The lowest BCUT2D eigenvalue weighted by Gasteiger charge is -2.34. The number of nitrogens with zero attached hydrogens (tertiary/aromatic N) is 1. The SMILES string of the molecule is COC(=O)[C@](NC(=O)Cc1ccccc1)(Nc1ccc(C)cn1)C(F)(F)F. The summed E-state index contributed by atoms with van der Waals surface area (Å²) in [6, 6.07) is 11.0. The molecule has 144 valence electrons. The summed E-state index contributed by atoms with van der Waals surface area (Å²) in [4.78, 5) is 28.2. The van der Waals surface area contributed by atoms with Gasteiger partial charge in [0.15, 0.2) is 0 Å². The minimum atomic E-state index is -5.20. The molecule has 0 aliphatic rings. The average molecular weight is 381 g/mol. The van der Waals surface area contributed by atoms with E-state index in [4.69, 9.17) is 0 Å². The van der Waals surface area contributed by atoms with Crippen LogP contribution in [0.1, 0.15) is 11.1 Å². The average Bonchev–Trinajstić information content (AvgIpc) is 2.62. The van der Waals surface area contributed by atoms with E-state index in [1.807, 2.05) is 5.32 Å². The quantitative estimate of drug-likeness (QED) is 0.594. The van der Waals surface area contributed by atoms with Crippen LogP contribution in [0.5, 0.6) is 0 Å². The van der Waals surface area contributed by atoms with Gasteiger partial charge in [-0.05, 0) is 24.1 Å². The number of hydrogen-bond donors (Lipinski definition) is 2. The van der Waals surface area contributed by atoms with Crippen LogP contribution < -0.4 is 10.6 Å². The van der Waals surface area contributed by atoms with E-state index in [1.165, 1.54) is 18.3 Å². The normalized spacial score (nSPS) is 13.4. The first kappa shape index (κ1) is 20.2. The number of halogens is 3. The first-order valence-electron chi connectivity index (χ1n) is 7.89. The molecule has 1 amide bonds. The van der Waals surface area contributed by atoms with Gasteiger partial charge in [0.25, 0.3) is 0 Å². The molecule has 0 saturated heterocycles. The van der Waals surface area contributed by atoms with Crippen molar-refractivity contribution in [2.75, 3.05) is 12.4 Å². The number of carbonyl (C=O) groups is 2. The van der Waals surface area contributed by atoms with E-state index >= 15 is 0 Å². The minimum Gasteiger partial charge on any atom is -0.466 e. The van der Waals surface area contributed by atoms with Gasteiger partial charge in [-0.3, -0.25) is 4.79 Å². The molecule has 1 aromatic heterocycles. The second-order valence-corrected chi connectivity index (χ2v) is 5.80. The van der Waals surface area contributed by atoms with E-state index in [9.17, 15) is 22.8 Å². The molecule has 0 radical (unpaired) electrons. The summed E-state index contributed by atoms with van der Waals surface area (Å²) in [6.07, 6.45) is -4.22. The topological polar surface area (TPSA) is 80.3 Å². The number of carbonyl (C=O) groups excluding carboxylic acids is 2. The van der Waals surface area contributed by atoms with E-state index in [0.717, 1.165) is 7.11 Å². The Morgan fingerprint density at radius 1 is 1.11 bits per heavy atom. The number of alkyl halides is 3. The fourth-order valence-electron chi connectivity index (χ4n) is 2.31. The predicted octanol–water partition coefficient (Wildman–Crippen LogP) is 2.59. The lowest BCUT2D eigenvalue weighted by Crippen LogP contribution is -2.69. The van der Waals surface area contributed by atoms with Crippen molar-refractivity contribution < 1.29 is 27.5 Å². The molecular formula is C18H18F3N3O3. The van der Waals surface area contributed by atoms with E-state index in [0.29, 0.717) is 11.1 Å². The van der Waals surface area contributed by atoms with Crippen LogP contribution in [-0.2, 0) is 20.7 Å². The second kappa shape index (κ2) is 8.07. The van der Waals surface area contributed by atoms with Crippen molar-refractivity contribution in [2.45, 2.75) is 25.2 Å². The fourth-order valence-corrected chi connectivity index (χ4v) is 2.31. The zero-order valence-electron chi connectivity index (χ0n) is 14.6. The molecule has 2 aromatic rings. The molecule has 2 N–H and O–H groups in total. The highest BCUT2D eigenvalue weighted by Crippen LogP contribution is 2.32. The van der Waals surface area contributed by atoms with Crippen molar-refractivity contribution in [3.8, 4) is 0 Å². The summed E-state index contributed by atoms with van der Waals surface area (Å²) in [6.45, 7) is 1.70. The third-order valence-electron chi connectivity index (χ3n) is 3.68. The lowest BCUT2D eigenvalue weighted by molar-refractivity contribution is -0.206. The largest absolute Gasteiger partial charge is 0.466 e. The molecule has 1 heterocycles. The number of aromatic nitrogens is 1. The van der Waals surface area contributed by atoms with Crippen LogP contribution >= 0.6 is 0 Å². The highest BCUT2D eigenvalue weighted by molar-refractivity contribution is 5.91. The number of pyridine rings is 1. The van der Waals surface area contributed by atoms with Crippen molar-refractivity contribution >= 4 is 17.7 Å². The molecule has 0 fully saturated rings. The van der Waals surface area contributed by atoms with Gasteiger partial charge in [0.2, 0.25) is 5.91 Å². The third kappa shape index (κ3) is 4.75. The van der Waals surface area contributed by atoms with Crippen LogP contribution in [0.15, 0.2) is 48.7 Å². The highest BCUT2D eigenvalue weighted by atomic mass is 19.4. The zero-order valence-corrected chi connectivity index (χ0v) is 14.6. The fraction of sp³-hybridized carbons (Fsp3) is 0.278. The first-order chi connectivity index (χ1) is 12.7. The van der Waals surface area contributed by atoms with Gasteiger partial charge in [-0.25, -0.2) is 9.78 Å². The molecular weight excluding hydrogens is 363 g/mol. The number of esters is 1. The van der Waals surface area contributed by atoms with Crippen LogP contribution in [0, 0.1) is 6.92 Å². The van der Waals surface area contributed by atoms with Crippen LogP contribution in [0.2, 0.25) is 0 Å². The number of methoxy groups -OCH3 is 1. The minimum absolute atomic E-state index is 0.247. The molecule has 9 heteroatoms. The number of anilines is 1. The molecule has 0 unspecified atom stereocenters. The van der Waals surface area contributed by atoms with Crippen LogP contribution in [0.25, 0.3) is 0 Å². The van der Waals surface area contributed by atoms with Crippen molar-refractivity contribution in [3.63, 3.8) is 0 Å². The standard InChI is InChI=1S/C18H18F3N3O3/c1-12-8-9-14(22-11-12)23-17(16(26)27-2,18(19,20)21)24-15(25)10-13-6-4-3-5-7-13/h3-9,11H,10H2,1-2H3,(H,22,23)(H,24,25)/t17-/m1/s1. The molecule has 0 aliphatic heterocycles. The Hall–Kier alpha value is -3.10. The first-order valence-corrected chi connectivity index (χ1v) is 7.89. The Morgan fingerprint density at radius 2 is 1.78 bits per heavy atom. The Labute approximate surface area is 153 Å². The van der Waals surface area contributed by atoms with E-state index in [-0.39, 0.29) is 12.2 Å². The number of rotatable bonds is 6. The van der Waals surface area contributed by atoms with Gasteiger partial charge in [0.1, 0.15) is 5.82 Å². The Bertz CT molecular complexity index is 795. The van der Waals surface area contributed by atoms with E-state index < -0.39 is 23.7 Å². The molecule has 2 rings (SSSR count). The van der Waals surface area contributed by atoms with Crippen LogP contribution in [0.3, 0.4) is 0 Å². The van der Waals surface area contributed by atoms with Gasteiger partial charge >= 0.3 is 17.8 Å². The van der Waals surface area contributed by atoms with Gasteiger partial charge in [0, 0.05) is 6.20 Å². The summed E-state index contributed by atoms with van der Waals surface area (Å²) in [5.41, 5.74) is -2.27. The van der Waals surface area contributed by atoms with Gasteiger partial charge < -0.3 is 15.4 Å². The lowest BCUT2D eigenvalue weighted by atomic mass is 10.1.